The summed E-state index contributed by atoms with van der Waals surface area (Å²) in [7, 11) is 2.14. The molecule has 1 heterocycles. The SMILES string of the molecule is Cc1ccc(C)c(C(CN)N(C)CCc2ccccn2)c1. The summed E-state index contributed by atoms with van der Waals surface area (Å²) in [4.78, 5) is 6.71. The highest BCUT2D eigenvalue weighted by Gasteiger charge is 2.17. The number of pyridine rings is 1. The first-order valence-electron chi connectivity index (χ1n) is 7.49. The minimum atomic E-state index is 0.258. The van der Waals surface area contributed by atoms with Gasteiger partial charge in [0.1, 0.15) is 0 Å². The zero-order valence-electron chi connectivity index (χ0n) is 13.2. The van der Waals surface area contributed by atoms with E-state index in [1.807, 2.05) is 18.3 Å². The second kappa shape index (κ2) is 7.34. The summed E-state index contributed by atoms with van der Waals surface area (Å²) < 4.78 is 0. The van der Waals surface area contributed by atoms with Crippen molar-refractivity contribution in [2.75, 3.05) is 20.1 Å². The molecular weight excluding hydrogens is 258 g/mol. The number of hydrogen-bond acceptors (Lipinski definition) is 3. The van der Waals surface area contributed by atoms with Gasteiger partial charge in [0.15, 0.2) is 0 Å². The van der Waals surface area contributed by atoms with E-state index in [0.29, 0.717) is 6.54 Å². The molecule has 1 aromatic carbocycles. The van der Waals surface area contributed by atoms with E-state index < -0.39 is 0 Å². The summed E-state index contributed by atoms with van der Waals surface area (Å²) in [5.74, 6) is 0. The summed E-state index contributed by atoms with van der Waals surface area (Å²) in [6.45, 7) is 5.86. The van der Waals surface area contributed by atoms with E-state index in [2.05, 4.69) is 55.0 Å². The van der Waals surface area contributed by atoms with E-state index in [-0.39, 0.29) is 6.04 Å². The third-order valence-electron chi connectivity index (χ3n) is 4.00. The first-order valence-corrected chi connectivity index (χ1v) is 7.49. The summed E-state index contributed by atoms with van der Waals surface area (Å²) in [6, 6.07) is 12.9. The van der Waals surface area contributed by atoms with Crippen LogP contribution in [0.4, 0.5) is 0 Å². The Morgan fingerprint density at radius 2 is 2.00 bits per heavy atom. The highest BCUT2D eigenvalue weighted by molar-refractivity contribution is 5.33. The summed E-state index contributed by atoms with van der Waals surface area (Å²) >= 11 is 0. The van der Waals surface area contributed by atoms with Gasteiger partial charge in [-0.25, -0.2) is 0 Å². The zero-order valence-corrected chi connectivity index (χ0v) is 13.2. The number of hydrogen-bond donors (Lipinski definition) is 1. The molecule has 21 heavy (non-hydrogen) atoms. The predicted molar refractivity (Wildman–Crippen MR) is 88.3 cm³/mol. The molecule has 112 valence electrons. The Hall–Kier alpha value is -1.71. The highest BCUT2D eigenvalue weighted by Crippen LogP contribution is 2.23. The van der Waals surface area contributed by atoms with E-state index in [4.69, 9.17) is 5.73 Å². The van der Waals surface area contributed by atoms with Gasteiger partial charge in [0.05, 0.1) is 0 Å². The maximum absolute atomic E-state index is 6.04. The number of aromatic nitrogens is 1. The lowest BCUT2D eigenvalue weighted by Crippen LogP contribution is -2.32. The minimum absolute atomic E-state index is 0.258. The fourth-order valence-corrected chi connectivity index (χ4v) is 2.66. The van der Waals surface area contributed by atoms with Gasteiger partial charge >= 0.3 is 0 Å². The quantitative estimate of drug-likeness (QED) is 0.886. The maximum Gasteiger partial charge on any atom is 0.0470 e. The van der Waals surface area contributed by atoms with Gasteiger partial charge in [-0.15, -0.1) is 0 Å². The molecule has 2 rings (SSSR count). The van der Waals surface area contributed by atoms with Crippen LogP contribution in [0.15, 0.2) is 42.6 Å². The Balaban J connectivity index is 2.08. The van der Waals surface area contributed by atoms with Crippen LogP contribution in [-0.2, 0) is 6.42 Å². The number of nitrogens with zero attached hydrogens (tertiary/aromatic N) is 2. The second-order valence-corrected chi connectivity index (χ2v) is 5.66. The van der Waals surface area contributed by atoms with Crippen molar-refractivity contribution in [3.05, 3.63) is 65.0 Å². The first-order chi connectivity index (χ1) is 10.1. The lowest BCUT2D eigenvalue weighted by atomic mass is 9.98. The van der Waals surface area contributed by atoms with Crippen molar-refractivity contribution in [1.29, 1.82) is 0 Å². The molecule has 0 aliphatic carbocycles. The molecule has 0 aliphatic rings. The standard InChI is InChI=1S/C18H25N3/c1-14-7-8-15(2)17(12-14)18(13-19)21(3)11-9-16-6-4-5-10-20-16/h4-8,10,12,18H,9,11,13,19H2,1-3H3. The molecule has 0 aliphatic heterocycles. The van der Waals surface area contributed by atoms with Crippen LogP contribution in [0, 0.1) is 13.8 Å². The predicted octanol–water partition coefficient (Wildman–Crippen LogP) is 2.87. The fraction of sp³-hybridized carbons (Fsp3) is 0.389. The molecule has 0 saturated carbocycles. The first kappa shape index (κ1) is 15.7. The molecule has 0 spiro atoms. The third-order valence-corrected chi connectivity index (χ3v) is 4.00. The van der Waals surface area contributed by atoms with Gasteiger partial charge in [-0.3, -0.25) is 9.88 Å². The van der Waals surface area contributed by atoms with Crippen LogP contribution in [0.5, 0.6) is 0 Å². The van der Waals surface area contributed by atoms with Gasteiger partial charge in [0.25, 0.3) is 0 Å². The third kappa shape index (κ3) is 4.13. The largest absolute Gasteiger partial charge is 0.329 e. The van der Waals surface area contributed by atoms with Crippen molar-refractivity contribution in [1.82, 2.24) is 9.88 Å². The normalized spacial score (nSPS) is 12.6. The smallest absolute Gasteiger partial charge is 0.0470 e. The van der Waals surface area contributed by atoms with Gasteiger partial charge in [-0.05, 0) is 44.2 Å². The van der Waals surface area contributed by atoms with Crippen LogP contribution >= 0.6 is 0 Å². The molecule has 1 unspecified atom stereocenters. The number of benzene rings is 1. The van der Waals surface area contributed by atoms with Crippen LogP contribution < -0.4 is 5.73 Å². The molecule has 3 heteroatoms. The average molecular weight is 283 g/mol. The molecule has 0 saturated heterocycles. The van der Waals surface area contributed by atoms with Crippen molar-refractivity contribution in [3.63, 3.8) is 0 Å². The van der Waals surface area contributed by atoms with Crippen LogP contribution in [-0.4, -0.2) is 30.0 Å². The zero-order chi connectivity index (χ0) is 15.2. The van der Waals surface area contributed by atoms with Crippen molar-refractivity contribution in [2.45, 2.75) is 26.3 Å². The Morgan fingerprint density at radius 1 is 1.19 bits per heavy atom. The average Bonchev–Trinajstić information content (AvgIpc) is 2.50. The molecule has 3 nitrogen and oxygen atoms in total. The van der Waals surface area contributed by atoms with Gasteiger partial charge in [-0.2, -0.15) is 0 Å². The summed E-state index contributed by atoms with van der Waals surface area (Å²) in [5.41, 5.74) is 11.1. The van der Waals surface area contributed by atoms with E-state index >= 15 is 0 Å². The Bertz CT molecular complexity index is 566. The number of likely N-dealkylation sites (N-methyl/N-ethyl adjacent to an activating group) is 1. The van der Waals surface area contributed by atoms with Crippen LogP contribution in [0.2, 0.25) is 0 Å². The van der Waals surface area contributed by atoms with Crippen molar-refractivity contribution < 1.29 is 0 Å². The summed E-state index contributed by atoms with van der Waals surface area (Å²) in [5, 5.41) is 0. The van der Waals surface area contributed by atoms with Crippen LogP contribution in [0.1, 0.15) is 28.4 Å². The molecule has 0 radical (unpaired) electrons. The van der Waals surface area contributed by atoms with Crippen LogP contribution in [0.3, 0.4) is 0 Å². The molecule has 1 aromatic heterocycles. The number of rotatable bonds is 6. The van der Waals surface area contributed by atoms with Gasteiger partial charge in [-0.1, -0.05) is 29.8 Å². The molecule has 0 fully saturated rings. The lowest BCUT2D eigenvalue weighted by molar-refractivity contribution is 0.251. The molecule has 2 N–H and O–H groups in total. The Morgan fingerprint density at radius 3 is 2.67 bits per heavy atom. The van der Waals surface area contributed by atoms with Gasteiger partial charge in [0.2, 0.25) is 0 Å². The second-order valence-electron chi connectivity index (χ2n) is 5.66. The fourth-order valence-electron chi connectivity index (χ4n) is 2.66. The maximum atomic E-state index is 6.04. The molecule has 0 bridgehead atoms. The van der Waals surface area contributed by atoms with E-state index in [9.17, 15) is 0 Å². The molecule has 1 atom stereocenters. The summed E-state index contributed by atoms with van der Waals surface area (Å²) in [6.07, 6.45) is 2.79. The van der Waals surface area contributed by atoms with Crippen LogP contribution in [0.25, 0.3) is 0 Å². The van der Waals surface area contributed by atoms with E-state index in [0.717, 1.165) is 18.7 Å². The van der Waals surface area contributed by atoms with Gasteiger partial charge in [0, 0.05) is 37.4 Å². The lowest BCUT2D eigenvalue weighted by Gasteiger charge is -2.28. The van der Waals surface area contributed by atoms with E-state index in [1.165, 1.54) is 16.7 Å². The molecule has 2 aromatic rings. The number of nitrogens with two attached hydrogens (primary N) is 1. The van der Waals surface area contributed by atoms with Gasteiger partial charge < -0.3 is 5.73 Å². The Kier molecular flexibility index (Phi) is 5.48. The highest BCUT2D eigenvalue weighted by atomic mass is 15.1. The van der Waals surface area contributed by atoms with Crippen molar-refractivity contribution >= 4 is 0 Å². The topological polar surface area (TPSA) is 42.1 Å². The Labute approximate surface area is 127 Å². The van der Waals surface area contributed by atoms with Crippen molar-refractivity contribution in [2.24, 2.45) is 5.73 Å². The molecule has 0 amide bonds. The minimum Gasteiger partial charge on any atom is -0.329 e. The van der Waals surface area contributed by atoms with E-state index in [1.54, 1.807) is 0 Å². The van der Waals surface area contributed by atoms with Crippen molar-refractivity contribution in [3.8, 4) is 0 Å². The number of aryl methyl sites for hydroxylation is 2. The monoisotopic (exact) mass is 283 g/mol. The molecular formula is C18H25N3.